The fraction of sp³-hybridized carbons (Fsp3) is 0.467. The number of rotatable bonds is 2. The van der Waals surface area contributed by atoms with Crippen LogP contribution in [0.25, 0.3) is 0 Å². The molecule has 1 aliphatic carbocycles. The highest BCUT2D eigenvalue weighted by Gasteiger charge is 2.21. The number of hydrogen-bond donors (Lipinski definition) is 1. The molecule has 1 aliphatic rings. The minimum atomic E-state index is -0.0726. The molecular weight excluding hydrogens is 238 g/mol. The zero-order valence-electron chi connectivity index (χ0n) is 11.2. The van der Waals surface area contributed by atoms with Crippen LogP contribution in [0.1, 0.15) is 37.7 Å². The van der Waals surface area contributed by atoms with Gasteiger partial charge in [-0.15, -0.1) is 0 Å². The van der Waals surface area contributed by atoms with Crippen molar-refractivity contribution < 1.29 is 4.79 Å². The lowest BCUT2D eigenvalue weighted by Gasteiger charge is -2.31. The summed E-state index contributed by atoms with van der Waals surface area (Å²) >= 11 is 0. The Kier molecular flexibility index (Phi) is 4.40. The molecule has 0 atom stereocenters. The van der Waals surface area contributed by atoms with Crippen molar-refractivity contribution in [3.63, 3.8) is 0 Å². The largest absolute Gasteiger partial charge is 0.325 e. The lowest BCUT2D eigenvalue weighted by molar-refractivity contribution is 0.186. The number of nitrogens with zero attached hydrogens (tertiary/aromatic N) is 2. The third-order valence-corrected chi connectivity index (χ3v) is 3.71. The summed E-state index contributed by atoms with van der Waals surface area (Å²) in [4.78, 5) is 13.9. The fourth-order valence-corrected chi connectivity index (χ4v) is 2.47. The normalized spacial score (nSPS) is 15.6. The van der Waals surface area contributed by atoms with Crippen molar-refractivity contribution >= 4 is 11.7 Å². The zero-order chi connectivity index (χ0) is 13.7. The van der Waals surface area contributed by atoms with Crippen LogP contribution in [-0.2, 0) is 0 Å². The van der Waals surface area contributed by atoms with Crippen LogP contribution in [-0.4, -0.2) is 24.0 Å². The van der Waals surface area contributed by atoms with E-state index in [1.165, 1.54) is 19.3 Å². The summed E-state index contributed by atoms with van der Waals surface area (Å²) in [5.74, 6) is 0. The first kappa shape index (κ1) is 13.4. The molecule has 2 rings (SSSR count). The number of carbonyl (C=O) groups is 1. The molecule has 4 nitrogen and oxygen atoms in total. The fourth-order valence-electron chi connectivity index (χ4n) is 2.47. The van der Waals surface area contributed by atoms with Gasteiger partial charge < -0.3 is 10.2 Å². The molecule has 0 radical (unpaired) electrons. The van der Waals surface area contributed by atoms with Crippen LogP contribution < -0.4 is 5.32 Å². The van der Waals surface area contributed by atoms with Gasteiger partial charge in [-0.05, 0) is 37.1 Å². The van der Waals surface area contributed by atoms with Crippen LogP contribution in [0.15, 0.2) is 24.3 Å². The van der Waals surface area contributed by atoms with Gasteiger partial charge in [0.2, 0.25) is 0 Å². The molecule has 1 aromatic carbocycles. The molecule has 4 heteroatoms. The number of nitriles is 1. The highest BCUT2D eigenvalue weighted by Crippen LogP contribution is 2.22. The molecule has 0 aliphatic heterocycles. The van der Waals surface area contributed by atoms with E-state index in [0.29, 0.717) is 11.6 Å². The Bertz CT molecular complexity index is 469. The Balaban J connectivity index is 1.93. The lowest BCUT2D eigenvalue weighted by Crippen LogP contribution is -2.40. The summed E-state index contributed by atoms with van der Waals surface area (Å²) < 4.78 is 0. The first-order valence-corrected chi connectivity index (χ1v) is 6.74. The number of urea groups is 1. The van der Waals surface area contributed by atoms with Crippen LogP contribution >= 0.6 is 0 Å². The molecule has 19 heavy (non-hydrogen) atoms. The van der Waals surface area contributed by atoms with Gasteiger partial charge in [0.25, 0.3) is 0 Å². The van der Waals surface area contributed by atoms with Gasteiger partial charge >= 0.3 is 6.03 Å². The van der Waals surface area contributed by atoms with E-state index in [9.17, 15) is 4.79 Å². The number of hydrogen-bond acceptors (Lipinski definition) is 2. The predicted molar refractivity (Wildman–Crippen MR) is 74.8 cm³/mol. The maximum absolute atomic E-state index is 12.1. The second-order valence-electron chi connectivity index (χ2n) is 5.02. The molecule has 1 saturated carbocycles. The summed E-state index contributed by atoms with van der Waals surface area (Å²) in [6, 6.07) is 9.26. The Morgan fingerprint density at radius 1 is 1.26 bits per heavy atom. The Hall–Kier alpha value is -2.02. The molecule has 2 amide bonds. The van der Waals surface area contributed by atoms with Gasteiger partial charge in [0.1, 0.15) is 0 Å². The van der Waals surface area contributed by atoms with Gasteiger partial charge in [-0.3, -0.25) is 0 Å². The number of amides is 2. The Morgan fingerprint density at radius 2 is 1.89 bits per heavy atom. The highest BCUT2D eigenvalue weighted by atomic mass is 16.2. The topological polar surface area (TPSA) is 56.1 Å². The highest BCUT2D eigenvalue weighted by molar-refractivity contribution is 5.89. The van der Waals surface area contributed by atoms with E-state index in [1.54, 1.807) is 29.2 Å². The first-order valence-electron chi connectivity index (χ1n) is 6.74. The molecule has 1 fully saturated rings. The summed E-state index contributed by atoms with van der Waals surface area (Å²) in [5, 5.41) is 11.6. The van der Waals surface area contributed by atoms with E-state index >= 15 is 0 Å². The zero-order valence-corrected chi connectivity index (χ0v) is 11.2. The first-order chi connectivity index (χ1) is 9.20. The molecule has 0 spiro atoms. The van der Waals surface area contributed by atoms with E-state index in [1.807, 2.05) is 7.05 Å². The van der Waals surface area contributed by atoms with Crippen molar-refractivity contribution in [2.24, 2.45) is 0 Å². The van der Waals surface area contributed by atoms with Crippen molar-refractivity contribution in [1.29, 1.82) is 5.26 Å². The van der Waals surface area contributed by atoms with E-state index in [0.717, 1.165) is 18.5 Å². The molecule has 1 N–H and O–H groups in total. The SMILES string of the molecule is CN(C(=O)Nc1ccc(C#N)cc1)C1CCCCC1. The van der Waals surface area contributed by atoms with Gasteiger partial charge in [0, 0.05) is 18.8 Å². The number of carbonyl (C=O) groups excluding carboxylic acids is 1. The molecule has 0 saturated heterocycles. The number of anilines is 1. The van der Waals surface area contributed by atoms with Crippen LogP contribution in [0.3, 0.4) is 0 Å². The van der Waals surface area contributed by atoms with Gasteiger partial charge in [-0.1, -0.05) is 19.3 Å². The van der Waals surface area contributed by atoms with Gasteiger partial charge in [-0.2, -0.15) is 5.26 Å². The minimum absolute atomic E-state index is 0.0726. The van der Waals surface area contributed by atoms with Crippen molar-refractivity contribution in [1.82, 2.24) is 4.90 Å². The van der Waals surface area contributed by atoms with Crippen molar-refractivity contribution in [3.8, 4) is 6.07 Å². The third kappa shape index (κ3) is 3.47. The van der Waals surface area contributed by atoms with Gasteiger partial charge in [0.15, 0.2) is 0 Å². The van der Waals surface area contributed by atoms with Gasteiger partial charge in [-0.25, -0.2) is 4.79 Å². The molecule has 0 bridgehead atoms. The Morgan fingerprint density at radius 3 is 2.47 bits per heavy atom. The van der Waals surface area contributed by atoms with Crippen molar-refractivity contribution in [2.45, 2.75) is 38.1 Å². The average Bonchev–Trinajstić information content (AvgIpc) is 2.48. The van der Waals surface area contributed by atoms with E-state index < -0.39 is 0 Å². The maximum atomic E-state index is 12.1. The summed E-state index contributed by atoms with van der Waals surface area (Å²) in [5.41, 5.74) is 1.32. The van der Waals surface area contributed by atoms with E-state index in [4.69, 9.17) is 5.26 Å². The molecule has 1 aromatic rings. The van der Waals surface area contributed by atoms with Crippen LogP contribution in [0.5, 0.6) is 0 Å². The average molecular weight is 257 g/mol. The molecule has 0 aromatic heterocycles. The third-order valence-electron chi connectivity index (χ3n) is 3.71. The maximum Gasteiger partial charge on any atom is 0.321 e. The summed E-state index contributed by atoms with van der Waals surface area (Å²) in [6.45, 7) is 0. The van der Waals surface area contributed by atoms with E-state index in [-0.39, 0.29) is 6.03 Å². The lowest BCUT2D eigenvalue weighted by atomic mass is 9.95. The summed E-state index contributed by atoms with van der Waals surface area (Å²) in [7, 11) is 1.86. The molecule has 0 unspecified atom stereocenters. The van der Waals surface area contributed by atoms with Crippen LogP contribution in [0.2, 0.25) is 0 Å². The van der Waals surface area contributed by atoms with Crippen LogP contribution in [0, 0.1) is 11.3 Å². The smallest absolute Gasteiger partial charge is 0.321 e. The summed E-state index contributed by atoms with van der Waals surface area (Å²) in [6.07, 6.45) is 5.88. The monoisotopic (exact) mass is 257 g/mol. The van der Waals surface area contributed by atoms with Crippen LogP contribution in [0.4, 0.5) is 10.5 Å². The Labute approximate surface area is 114 Å². The second kappa shape index (κ2) is 6.24. The quantitative estimate of drug-likeness (QED) is 0.883. The molecule has 100 valence electrons. The number of nitrogens with one attached hydrogen (secondary N) is 1. The standard InChI is InChI=1S/C15H19N3O/c1-18(14-5-3-2-4-6-14)15(19)17-13-9-7-12(11-16)8-10-13/h7-10,14H,2-6H2,1H3,(H,17,19). The van der Waals surface area contributed by atoms with Crippen molar-refractivity contribution in [2.75, 3.05) is 12.4 Å². The van der Waals surface area contributed by atoms with E-state index in [2.05, 4.69) is 11.4 Å². The molecular formula is C15H19N3O. The minimum Gasteiger partial charge on any atom is -0.325 e. The predicted octanol–water partition coefficient (Wildman–Crippen LogP) is 3.35. The number of benzene rings is 1. The molecule has 0 heterocycles. The van der Waals surface area contributed by atoms with Gasteiger partial charge in [0.05, 0.1) is 11.6 Å². The second-order valence-corrected chi connectivity index (χ2v) is 5.02. The van der Waals surface area contributed by atoms with Crippen molar-refractivity contribution in [3.05, 3.63) is 29.8 Å².